The molecule has 1 aromatic rings. The Hall–Kier alpha value is -0.510. The molecule has 0 aliphatic rings. The van der Waals surface area contributed by atoms with Crippen LogP contribution >= 0.6 is 35.4 Å². The van der Waals surface area contributed by atoms with Crippen LogP contribution in [0.15, 0.2) is 18.2 Å². The van der Waals surface area contributed by atoms with Crippen LogP contribution in [0.1, 0.15) is 20.3 Å². The van der Waals surface area contributed by atoms with Gasteiger partial charge in [-0.05, 0) is 31.5 Å². The van der Waals surface area contributed by atoms with Crippen LogP contribution in [-0.4, -0.2) is 17.6 Å². The molecule has 0 aliphatic heterocycles. The lowest BCUT2D eigenvalue weighted by Crippen LogP contribution is -2.36. The molecule has 1 unspecified atom stereocenters. The molecule has 0 fully saturated rings. The van der Waals surface area contributed by atoms with E-state index >= 15 is 0 Å². The lowest BCUT2D eigenvalue weighted by atomic mass is 10.2. The van der Waals surface area contributed by atoms with Crippen LogP contribution in [-0.2, 0) is 0 Å². The maximum Gasteiger partial charge on any atom is 0.122 e. The van der Waals surface area contributed by atoms with Gasteiger partial charge in [0.25, 0.3) is 0 Å². The molecule has 0 bridgehead atoms. The van der Waals surface area contributed by atoms with Gasteiger partial charge in [-0.25, -0.2) is 0 Å². The predicted octanol–water partition coefficient (Wildman–Crippen LogP) is 4.09. The second-order valence-electron chi connectivity index (χ2n) is 3.72. The zero-order valence-corrected chi connectivity index (χ0v) is 12.1. The van der Waals surface area contributed by atoms with Crippen LogP contribution in [0.25, 0.3) is 0 Å². The van der Waals surface area contributed by atoms with Gasteiger partial charge in [-0.3, -0.25) is 0 Å². The van der Waals surface area contributed by atoms with Gasteiger partial charge in [0.1, 0.15) is 12.4 Å². The van der Waals surface area contributed by atoms with Crippen molar-refractivity contribution in [2.24, 2.45) is 0 Å². The third-order valence-corrected chi connectivity index (χ3v) is 2.74. The highest BCUT2D eigenvalue weighted by atomic mass is 35.5. The quantitative estimate of drug-likeness (QED) is 0.826. The fourth-order valence-corrected chi connectivity index (χ4v) is 2.03. The third-order valence-electron chi connectivity index (χ3n) is 2.19. The second-order valence-corrected chi connectivity index (χ2v) is 5.21. The van der Waals surface area contributed by atoms with Crippen LogP contribution < -0.4 is 10.1 Å². The zero-order valence-electron chi connectivity index (χ0n) is 9.80. The number of rotatable bonds is 5. The molecule has 2 nitrogen and oxygen atoms in total. The minimum Gasteiger partial charge on any atom is -0.491 e. The minimum atomic E-state index is 0.199. The Morgan fingerprint density at radius 2 is 1.94 bits per heavy atom. The standard InChI is InChI=1S/C12H15Cl2NOS/c1-3-11(15-8(2)17)7-16-12-5-9(13)4-10(14)6-12/h4-6,11H,3,7H2,1-2H3,(H,15,17). The Kier molecular flexibility index (Phi) is 6.03. The van der Waals surface area contributed by atoms with E-state index in [1.165, 1.54) is 0 Å². The Morgan fingerprint density at radius 1 is 1.35 bits per heavy atom. The number of hydrogen-bond donors (Lipinski definition) is 1. The van der Waals surface area contributed by atoms with Crippen molar-refractivity contribution >= 4 is 40.4 Å². The molecule has 17 heavy (non-hydrogen) atoms. The van der Waals surface area contributed by atoms with Gasteiger partial charge in [0.2, 0.25) is 0 Å². The zero-order chi connectivity index (χ0) is 12.8. The number of halogens is 2. The molecular weight excluding hydrogens is 277 g/mol. The smallest absolute Gasteiger partial charge is 0.122 e. The molecule has 0 spiro atoms. The van der Waals surface area contributed by atoms with Gasteiger partial charge in [-0.15, -0.1) is 0 Å². The van der Waals surface area contributed by atoms with E-state index in [0.717, 1.165) is 11.4 Å². The molecule has 0 saturated heterocycles. The lowest BCUT2D eigenvalue weighted by molar-refractivity contribution is 0.275. The van der Waals surface area contributed by atoms with Gasteiger partial charge in [0.15, 0.2) is 0 Å². The van der Waals surface area contributed by atoms with Gasteiger partial charge in [0.05, 0.1) is 11.0 Å². The topological polar surface area (TPSA) is 21.3 Å². The summed E-state index contributed by atoms with van der Waals surface area (Å²) in [5.74, 6) is 0.671. The summed E-state index contributed by atoms with van der Waals surface area (Å²) < 4.78 is 5.63. The average Bonchev–Trinajstić information content (AvgIpc) is 2.22. The number of hydrogen-bond acceptors (Lipinski definition) is 2. The Labute approximate surface area is 117 Å². The maximum absolute atomic E-state index is 5.88. The monoisotopic (exact) mass is 291 g/mol. The normalized spacial score (nSPS) is 12.0. The lowest BCUT2D eigenvalue weighted by Gasteiger charge is -2.18. The van der Waals surface area contributed by atoms with E-state index in [-0.39, 0.29) is 6.04 Å². The number of ether oxygens (including phenoxy) is 1. The van der Waals surface area contributed by atoms with Crippen LogP contribution in [0.4, 0.5) is 0 Å². The van der Waals surface area contributed by atoms with E-state index < -0.39 is 0 Å². The number of nitrogens with one attached hydrogen (secondary N) is 1. The number of benzene rings is 1. The molecular formula is C12H15Cl2NOS. The Balaban J connectivity index is 2.56. The molecule has 0 aromatic heterocycles. The summed E-state index contributed by atoms with van der Waals surface area (Å²) in [6.45, 7) is 4.46. The molecule has 5 heteroatoms. The van der Waals surface area contributed by atoms with Gasteiger partial charge in [-0.1, -0.05) is 42.3 Å². The van der Waals surface area contributed by atoms with Gasteiger partial charge >= 0.3 is 0 Å². The van der Waals surface area contributed by atoms with E-state index in [2.05, 4.69) is 12.2 Å². The van der Waals surface area contributed by atoms with Crippen molar-refractivity contribution in [1.29, 1.82) is 0 Å². The first-order valence-corrected chi connectivity index (χ1v) is 6.53. The van der Waals surface area contributed by atoms with Crippen molar-refractivity contribution in [3.8, 4) is 5.75 Å². The van der Waals surface area contributed by atoms with Crippen LogP contribution in [0.3, 0.4) is 0 Å². The molecule has 1 N–H and O–H groups in total. The SMILES string of the molecule is CCC(COc1cc(Cl)cc(Cl)c1)NC(C)=S. The molecule has 1 aromatic carbocycles. The Morgan fingerprint density at radius 3 is 2.41 bits per heavy atom. The Bertz CT molecular complexity index is 378. The van der Waals surface area contributed by atoms with Crippen molar-refractivity contribution < 1.29 is 4.74 Å². The molecule has 0 heterocycles. The predicted molar refractivity (Wildman–Crippen MR) is 77.4 cm³/mol. The minimum absolute atomic E-state index is 0.199. The van der Waals surface area contributed by atoms with Crippen molar-refractivity contribution in [1.82, 2.24) is 5.32 Å². The van der Waals surface area contributed by atoms with E-state index in [9.17, 15) is 0 Å². The number of thiocarbonyl (C=S) groups is 1. The van der Waals surface area contributed by atoms with E-state index in [1.54, 1.807) is 18.2 Å². The van der Waals surface area contributed by atoms with Crippen LogP contribution in [0.5, 0.6) is 5.75 Å². The molecule has 94 valence electrons. The summed E-state index contributed by atoms with van der Waals surface area (Å²) in [6.07, 6.45) is 0.933. The second kappa shape index (κ2) is 7.04. The van der Waals surface area contributed by atoms with Gasteiger partial charge in [0, 0.05) is 10.0 Å². The van der Waals surface area contributed by atoms with Crippen LogP contribution in [0.2, 0.25) is 10.0 Å². The first kappa shape index (κ1) is 14.6. The molecule has 1 atom stereocenters. The summed E-state index contributed by atoms with van der Waals surface area (Å²) in [7, 11) is 0. The summed E-state index contributed by atoms with van der Waals surface area (Å²) in [5.41, 5.74) is 0. The van der Waals surface area contributed by atoms with Crippen molar-refractivity contribution in [3.05, 3.63) is 28.2 Å². The first-order valence-electron chi connectivity index (χ1n) is 5.37. The summed E-state index contributed by atoms with van der Waals surface area (Å²) >= 11 is 16.8. The molecule has 0 saturated carbocycles. The largest absolute Gasteiger partial charge is 0.491 e. The van der Waals surface area contributed by atoms with Crippen LogP contribution in [0, 0.1) is 0 Å². The van der Waals surface area contributed by atoms with Crippen molar-refractivity contribution in [3.63, 3.8) is 0 Å². The van der Waals surface area contributed by atoms with Gasteiger partial charge in [-0.2, -0.15) is 0 Å². The van der Waals surface area contributed by atoms with E-state index in [0.29, 0.717) is 22.4 Å². The summed E-state index contributed by atoms with van der Waals surface area (Å²) in [4.78, 5) is 0.768. The van der Waals surface area contributed by atoms with E-state index in [1.807, 2.05) is 6.92 Å². The van der Waals surface area contributed by atoms with E-state index in [4.69, 9.17) is 40.2 Å². The van der Waals surface area contributed by atoms with Gasteiger partial charge < -0.3 is 10.1 Å². The fourth-order valence-electron chi connectivity index (χ4n) is 1.36. The first-order chi connectivity index (χ1) is 8.01. The molecule has 0 aliphatic carbocycles. The molecule has 0 amide bonds. The highest BCUT2D eigenvalue weighted by Crippen LogP contribution is 2.24. The summed E-state index contributed by atoms with van der Waals surface area (Å²) in [5, 5.41) is 4.31. The highest BCUT2D eigenvalue weighted by molar-refractivity contribution is 7.80. The summed E-state index contributed by atoms with van der Waals surface area (Å²) in [6, 6.07) is 5.35. The average molecular weight is 292 g/mol. The maximum atomic E-state index is 5.88. The van der Waals surface area contributed by atoms with Crippen molar-refractivity contribution in [2.75, 3.05) is 6.61 Å². The highest BCUT2D eigenvalue weighted by Gasteiger charge is 2.07. The third kappa shape index (κ3) is 5.57. The molecule has 0 radical (unpaired) electrons. The fraction of sp³-hybridized carbons (Fsp3) is 0.417. The van der Waals surface area contributed by atoms with Crippen molar-refractivity contribution in [2.45, 2.75) is 26.3 Å². The molecule has 1 rings (SSSR count).